The van der Waals surface area contributed by atoms with E-state index in [1.54, 1.807) is 43.6 Å². The van der Waals surface area contributed by atoms with Crippen molar-refractivity contribution in [2.45, 2.75) is 0 Å². The van der Waals surface area contributed by atoms with Crippen LogP contribution in [0.5, 0.6) is 5.75 Å². The molecule has 5 nitrogen and oxygen atoms in total. The van der Waals surface area contributed by atoms with Crippen LogP contribution in [-0.4, -0.2) is 24.5 Å². The molecule has 2 rings (SSSR count). The molecule has 2 aromatic rings. The van der Waals surface area contributed by atoms with Crippen molar-refractivity contribution < 1.29 is 9.53 Å². The van der Waals surface area contributed by atoms with Crippen LogP contribution in [0.15, 0.2) is 49.3 Å². The van der Waals surface area contributed by atoms with Crippen molar-refractivity contribution in [3.63, 3.8) is 0 Å². The zero-order chi connectivity index (χ0) is 15.9. The fourth-order valence-corrected chi connectivity index (χ4v) is 2.00. The number of anilines is 2. The van der Waals surface area contributed by atoms with E-state index in [1.807, 2.05) is 0 Å². The molecule has 1 aromatic heterocycles. The molecule has 0 unspecified atom stereocenters. The van der Waals surface area contributed by atoms with Crippen molar-refractivity contribution in [1.82, 2.24) is 10.3 Å². The largest absolute Gasteiger partial charge is 0.495 e. The standard InChI is InChI=1S/C16H16ClN3O2/c1-3-6-19-16(21)11-7-13(10-18-9-11)20-14-8-12(17)4-5-15(14)22-2/h3-5,7-10,20H,1,6H2,2H3,(H,19,21). The van der Waals surface area contributed by atoms with Crippen LogP contribution in [0, 0.1) is 0 Å². The minimum absolute atomic E-state index is 0.214. The predicted molar refractivity (Wildman–Crippen MR) is 88.1 cm³/mol. The number of pyridine rings is 1. The van der Waals surface area contributed by atoms with Gasteiger partial charge in [-0.1, -0.05) is 17.7 Å². The van der Waals surface area contributed by atoms with Crippen LogP contribution in [-0.2, 0) is 0 Å². The lowest BCUT2D eigenvalue weighted by atomic mass is 10.2. The van der Waals surface area contributed by atoms with E-state index < -0.39 is 0 Å². The molecular weight excluding hydrogens is 302 g/mol. The molecule has 1 aromatic carbocycles. The number of halogens is 1. The smallest absolute Gasteiger partial charge is 0.253 e. The number of methoxy groups -OCH3 is 1. The van der Waals surface area contributed by atoms with Gasteiger partial charge in [-0.2, -0.15) is 0 Å². The van der Waals surface area contributed by atoms with Gasteiger partial charge in [-0.25, -0.2) is 0 Å². The highest BCUT2D eigenvalue weighted by Gasteiger charge is 2.08. The number of benzene rings is 1. The van der Waals surface area contributed by atoms with Gasteiger partial charge in [0.2, 0.25) is 0 Å². The maximum absolute atomic E-state index is 11.9. The Morgan fingerprint density at radius 2 is 2.23 bits per heavy atom. The number of rotatable bonds is 6. The number of carbonyl (C=O) groups excluding carboxylic acids is 1. The maximum Gasteiger partial charge on any atom is 0.253 e. The number of aromatic nitrogens is 1. The van der Waals surface area contributed by atoms with Crippen molar-refractivity contribution in [3.05, 3.63) is 59.9 Å². The number of hydrogen-bond acceptors (Lipinski definition) is 4. The van der Waals surface area contributed by atoms with Gasteiger partial charge < -0.3 is 15.4 Å². The van der Waals surface area contributed by atoms with Crippen molar-refractivity contribution in [2.24, 2.45) is 0 Å². The second-order valence-electron chi connectivity index (χ2n) is 4.43. The zero-order valence-corrected chi connectivity index (χ0v) is 12.9. The molecule has 114 valence electrons. The van der Waals surface area contributed by atoms with Gasteiger partial charge >= 0.3 is 0 Å². The summed E-state index contributed by atoms with van der Waals surface area (Å²) in [6.45, 7) is 3.96. The third-order valence-electron chi connectivity index (χ3n) is 2.85. The average molecular weight is 318 g/mol. The summed E-state index contributed by atoms with van der Waals surface area (Å²) in [5, 5.41) is 6.42. The maximum atomic E-state index is 11.9. The fourth-order valence-electron chi connectivity index (χ4n) is 1.83. The first-order valence-corrected chi connectivity index (χ1v) is 6.96. The van der Waals surface area contributed by atoms with Gasteiger partial charge in [-0.15, -0.1) is 6.58 Å². The summed E-state index contributed by atoms with van der Waals surface area (Å²) < 4.78 is 5.27. The molecule has 22 heavy (non-hydrogen) atoms. The summed E-state index contributed by atoms with van der Waals surface area (Å²) in [5.41, 5.74) is 1.81. The molecular formula is C16H16ClN3O2. The summed E-state index contributed by atoms with van der Waals surface area (Å²) in [6.07, 6.45) is 4.73. The third kappa shape index (κ3) is 3.99. The van der Waals surface area contributed by atoms with E-state index in [2.05, 4.69) is 22.2 Å². The topological polar surface area (TPSA) is 63.2 Å². The van der Waals surface area contributed by atoms with Crippen LogP contribution < -0.4 is 15.4 Å². The molecule has 0 atom stereocenters. The van der Waals surface area contributed by atoms with Gasteiger partial charge in [0.05, 0.1) is 30.2 Å². The van der Waals surface area contributed by atoms with Gasteiger partial charge in [0.15, 0.2) is 0 Å². The second-order valence-corrected chi connectivity index (χ2v) is 4.87. The fraction of sp³-hybridized carbons (Fsp3) is 0.125. The Balaban J connectivity index is 2.22. The lowest BCUT2D eigenvalue weighted by Crippen LogP contribution is -2.23. The van der Waals surface area contributed by atoms with Crippen molar-refractivity contribution >= 4 is 28.9 Å². The number of hydrogen-bond donors (Lipinski definition) is 2. The van der Waals surface area contributed by atoms with Crippen LogP contribution in [0.4, 0.5) is 11.4 Å². The molecule has 0 fully saturated rings. The molecule has 6 heteroatoms. The summed E-state index contributed by atoms with van der Waals surface area (Å²) >= 11 is 5.99. The van der Waals surface area contributed by atoms with Crippen LogP contribution >= 0.6 is 11.6 Å². The Bertz CT molecular complexity index is 689. The Kier molecular flexibility index (Phi) is 5.38. The summed E-state index contributed by atoms with van der Waals surface area (Å²) in [6, 6.07) is 6.94. The van der Waals surface area contributed by atoms with Gasteiger partial charge in [-0.05, 0) is 24.3 Å². The molecule has 0 aliphatic rings. The van der Waals surface area contributed by atoms with Gasteiger partial charge in [0.25, 0.3) is 5.91 Å². The van der Waals surface area contributed by atoms with E-state index in [-0.39, 0.29) is 5.91 Å². The zero-order valence-electron chi connectivity index (χ0n) is 12.1. The number of ether oxygens (including phenoxy) is 1. The first-order valence-electron chi connectivity index (χ1n) is 6.58. The van der Waals surface area contributed by atoms with E-state index in [1.165, 1.54) is 6.20 Å². The lowest BCUT2D eigenvalue weighted by molar-refractivity contribution is 0.0957. The molecule has 1 heterocycles. The van der Waals surface area contributed by atoms with Crippen molar-refractivity contribution in [2.75, 3.05) is 19.0 Å². The molecule has 0 spiro atoms. The van der Waals surface area contributed by atoms with Crippen LogP contribution in [0.2, 0.25) is 5.02 Å². The number of carbonyl (C=O) groups is 1. The van der Waals surface area contributed by atoms with E-state index in [0.29, 0.717) is 34.3 Å². The number of nitrogens with zero attached hydrogens (tertiary/aromatic N) is 1. The van der Waals surface area contributed by atoms with Gasteiger partial charge in [0, 0.05) is 17.8 Å². The second kappa shape index (κ2) is 7.47. The SMILES string of the molecule is C=CCNC(=O)c1cncc(Nc2cc(Cl)ccc2OC)c1. The Labute approximate surface area is 134 Å². The highest BCUT2D eigenvalue weighted by atomic mass is 35.5. The van der Waals surface area contributed by atoms with E-state index in [9.17, 15) is 4.79 Å². The summed E-state index contributed by atoms with van der Waals surface area (Å²) in [7, 11) is 1.58. The molecule has 0 saturated carbocycles. The Hall–Kier alpha value is -2.53. The minimum atomic E-state index is -0.214. The quantitative estimate of drug-likeness (QED) is 0.801. The average Bonchev–Trinajstić information content (AvgIpc) is 2.53. The monoisotopic (exact) mass is 317 g/mol. The molecule has 1 amide bonds. The first kappa shape index (κ1) is 15.9. The summed E-state index contributed by atoms with van der Waals surface area (Å²) in [4.78, 5) is 16.0. The predicted octanol–water partition coefficient (Wildman–Crippen LogP) is 3.40. The van der Waals surface area contributed by atoms with E-state index in [4.69, 9.17) is 16.3 Å². The number of nitrogens with one attached hydrogen (secondary N) is 2. The van der Waals surface area contributed by atoms with Gasteiger partial charge in [0.1, 0.15) is 5.75 Å². The molecule has 0 radical (unpaired) electrons. The normalized spacial score (nSPS) is 9.91. The van der Waals surface area contributed by atoms with Crippen LogP contribution in [0.1, 0.15) is 10.4 Å². The molecule has 0 saturated heterocycles. The van der Waals surface area contributed by atoms with Crippen molar-refractivity contribution in [1.29, 1.82) is 0 Å². The lowest BCUT2D eigenvalue weighted by Gasteiger charge is -2.12. The van der Waals surface area contributed by atoms with Gasteiger partial charge in [-0.3, -0.25) is 9.78 Å². The minimum Gasteiger partial charge on any atom is -0.495 e. The number of amides is 1. The Morgan fingerprint density at radius 3 is 2.95 bits per heavy atom. The molecule has 0 aliphatic carbocycles. The van der Waals surface area contributed by atoms with Crippen LogP contribution in [0.25, 0.3) is 0 Å². The highest BCUT2D eigenvalue weighted by Crippen LogP contribution is 2.30. The third-order valence-corrected chi connectivity index (χ3v) is 3.08. The van der Waals surface area contributed by atoms with Crippen LogP contribution in [0.3, 0.4) is 0 Å². The van der Waals surface area contributed by atoms with Crippen molar-refractivity contribution in [3.8, 4) is 5.75 Å². The molecule has 0 bridgehead atoms. The van der Waals surface area contributed by atoms with E-state index in [0.717, 1.165) is 0 Å². The molecule has 0 aliphatic heterocycles. The Morgan fingerprint density at radius 1 is 1.41 bits per heavy atom. The highest BCUT2D eigenvalue weighted by molar-refractivity contribution is 6.31. The molecule has 2 N–H and O–H groups in total. The first-order chi connectivity index (χ1) is 10.6. The summed E-state index contributed by atoms with van der Waals surface area (Å²) in [5.74, 6) is 0.431. The van der Waals surface area contributed by atoms with E-state index >= 15 is 0 Å².